The van der Waals surface area contributed by atoms with E-state index in [0.717, 1.165) is 27.3 Å². The van der Waals surface area contributed by atoms with E-state index in [1.807, 2.05) is 41.8 Å². The monoisotopic (exact) mass is 335 g/mol. The van der Waals surface area contributed by atoms with Gasteiger partial charge in [-0.15, -0.1) is 11.3 Å². The fraction of sp³-hybridized carbons (Fsp3) is 0.0588. The fourth-order valence-electron chi connectivity index (χ4n) is 2.36. The maximum absolute atomic E-state index is 12.2. The lowest BCUT2D eigenvalue weighted by Gasteiger charge is -1.99. The van der Waals surface area contributed by atoms with Gasteiger partial charge in [0.25, 0.3) is 0 Å². The van der Waals surface area contributed by atoms with Crippen molar-refractivity contribution in [3.8, 4) is 10.6 Å². The minimum absolute atomic E-state index is 0.155. The number of imidazole rings is 1. The number of carbonyl (C=O) groups excluding carboxylic acids is 1. The average molecular weight is 335 g/mol. The van der Waals surface area contributed by atoms with Crippen molar-refractivity contribution in [2.24, 2.45) is 0 Å². The molecule has 3 aromatic heterocycles. The van der Waals surface area contributed by atoms with E-state index in [9.17, 15) is 4.79 Å². The van der Waals surface area contributed by atoms with E-state index < -0.39 is 0 Å². The van der Waals surface area contributed by atoms with Crippen LogP contribution in [0.4, 0.5) is 5.95 Å². The van der Waals surface area contributed by atoms with Crippen LogP contribution < -0.4 is 5.32 Å². The van der Waals surface area contributed by atoms with Crippen molar-refractivity contribution in [2.75, 3.05) is 5.32 Å². The predicted molar refractivity (Wildman–Crippen MR) is 93.8 cm³/mol. The van der Waals surface area contributed by atoms with Gasteiger partial charge in [-0.2, -0.15) is 0 Å². The van der Waals surface area contributed by atoms with E-state index in [0.29, 0.717) is 5.95 Å². The standard InChI is InChI=1S/C17H13N5OS/c23-15(22-17-20-13-5-1-2-6-14(13)21-17)8-12-10-24-16(19-12)11-4-3-7-18-9-11/h1-7,9-10H,8H2,(H2,20,21,22,23). The van der Waals surface area contributed by atoms with Crippen LogP contribution in [0.5, 0.6) is 0 Å². The number of nitrogens with one attached hydrogen (secondary N) is 2. The number of hydrogen-bond donors (Lipinski definition) is 2. The Balaban J connectivity index is 1.45. The van der Waals surface area contributed by atoms with E-state index in [2.05, 4.69) is 25.3 Å². The minimum Gasteiger partial charge on any atom is -0.324 e. The number of benzene rings is 1. The zero-order chi connectivity index (χ0) is 16.4. The van der Waals surface area contributed by atoms with Gasteiger partial charge in [-0.25, -0.2) is 9.97 Å². The van der Waals surface area contributed by atoms with Gasteiger partial charge in [0.1, 0.15) is 5.01 Å². The molecule has 0 aliphatic heterocycles. The second kappa shape index (κ2) is 6.21. The second-order valence-electron chi connectivity index (χ2n) is 5.21. The van der Waals surface area contributed by atoms with Gasteiger partial charge in [0, 0.05) is 23.3 Å². The molecule has 0 radical (unpaired) electrons. The third-order valence-corrected chi connectivity index (χ3v) is 4.39. The lowest BCUT2D eigenvalue weighted by molar-refractivity contribution is -0.115. The van der Waals surface area contributed by atoms with Gasteiger partial charge in [-0.1, -0.05) is 12.1 Å². The molecule has 0 fully saturated rings. The average Bonchev–Trinajstić information content (AvgIpc) is 3.21. The number of rotatable bonds is 4. The normalized spacial score (nSPS) is 10.8. The Kier molecular flexibility index (Phi) is 3.76. The molecular weight excluding hydrogens is 322 g/mol. The van der Waals surface area contributed by atoms with Gasteiger partial charge >= 0.3 is 0 Å². The molecule has 118 valence electrons. The van der Waals surface area contributed by atoms with Crippen LogP contribution in [0.1, 0.15) is 5.69 Å². The summed E-state index contributed by atoms with van der Waals surface area (Å²) in [5, 5.41) is 5.52. The minimum atomic E-state index is -0.155. The maximum atomic E-state index is 12.2. The highest BCUT2D eigenvalue weighted by Gasteiger charge is 2.11. The molecule has 1 amide bonds. The van der Waals surface area contributed by atoms with Crippen molar-refractivity contribution in [1.29, 1.82) is 0 Å². The molecule has 0 saturated heterocycles. The Morgan fingerprint density at radius 1 is 1.17 bits per heavy atom. The molecule has 1 aromatic carbocycles. The molecule has 0 saturated carbocycles. The molecular formula is C17H13N5OS. The Labute approximate surface area is 141 Å². The van der Waals surface area contributed by atoms with Gasteiger partial charge in [0.15, 0.2) is 0 Å². The molecule has 7 heteroatoms. The van der Waals surface area contributed by atoms with Crippen LogP contribution in [0.25, 0.3) is 21.6 Å². The van der Waals surface area contributed by atoms with E-state index in [1.165, 1.54) is 11.3 Å². The molecule has 2 N–H and O–H groups in total. The van der Waals surface area contributed by atoms with Crippen molar-refractivity contribution in [3.05, 3.63) is 59.9 Å². The largest absolute Gasteiger partial charge is 0.324 e. The van der Waals surface area contributed by atoms with Crippen molar-refractivity contribution in [3.63, 3.8) is 0 Å². The highest BCUT2D eigenvalue weighted by atomic mass is 32.1. The molecule has 0 unspecified atom stereocenters. The molecule has 6 nitrogen and oxygen atoms in total. The van der Waals surface area contributed by atoms with Gasteiger partial charge in [-0.05, 0) is 24.3 Å². The molecule has 0 aliphatic carbocycles. The summed E-state index contributed by atoms with van der Waals surface area (Å²) in [6.45, 7) is 0. The van der Waals surface area contributed by atoms with Gasteiger partial charge in [0.05, 0.1) is 23.1 Å². The maximum Gasteiger partial charge on any atom is 0.232 e. The molecule has 4 aromatic rings. The molecule has 24 heavy (non-hydrogen) atoms. The molecule has 0 aliphatic rings. The first-order valence-electron chi connectivity index (χ1n) is 7.37. The molecule has 3 heterocycles. The zero-order valence-electron chi connectivity index (χ0n) is 12.6. The molecule has 0 bridgehead atoms. The summed E-state index contributed by atoms with van der Waals surface area (Å²) in [4.78, 5) is 28.2. The Morgan fingerprint density at radius 3 is 2.92 bits per heavy atom. The quantitative estimate of drug-likeness (QED) is 0.599. The van der Waals surface area contributed by atoms with Crippen molar-refractivity contribution < 1.29 is 4.79 Å². The Hall–Kier alpha value is -3.06. The zero-order valence-corrected chi connectivity index (χ0v) is 13.4. The Morgan fingerprint density at radius 2 is 2.08 bits per heavy atom. The SMILES string of the molecule is O=C(Cc1csc(-c2cccnc2)n1)Nc1nc2ccccc2[nH]1. The highest BCUT2D eigenvalue weighted by molar-refractivity contribution is 7.13. The number of pyridine rings is 1. The van der Waals surface area contributed by atoms with E-state index in [-0.39, 0.29) is 12.3 Å². The van der Waals surface area contributed by atoms with Crippen LogP contribution in [0.3, 0.4) is 0 Å². The molecule has 4 rings (SSSR count). The summed E-state index contributed by atoms with van der Waals surface area (Å²) in [6, 6.07) is 11.4. The van der Waals surface area contributed by atoms with Crippen LogP contribution in [0.15, 0.2) is 54.2 Å². The van der Waals surface area contributed by atoms with Crippen LogP contribution in [0.2, 0.25) is 0 Å². The van der Waals surface area contributed by atoms with Crippen molar-refractivity contribution in [2.45, 2.75) is 6.42 Å². The van der Waals surface area contributed by atoms with E-state index >= 15 is 0 Å². The number of hydrogen-bond acceptors (Lipinski definition) is 5. The molecule has 0 atom stereocenters. The first-order valence-corrected chi connectivity index (χ1v) is 8.25. The fourth-order valence-corrected chi connectivity index (χ4v) is 3.17. The molecule has 0 spiro atoms. The third-order valence-electron chi connectivity index (χ3n) is 3.45. The first-order chi connectivity index (χ1) is 11.8. The Bertz CT molecular complexity index is 959. The summed E-state index contributed by atoms with van der Waals surface area (Å²) < 4.78 is 0. The van der Waals surface area contributed by atoms with Gasteiger partial charge < -0.3 is 4.98 Å². The van der Waals surface area contributed by atoms with Crippen LogP contribution >= 0.6 is 11.3 Å². The summed E-state index contributed by atoms with van der Waals surface area (Å²) in [5.74, 6) is 0.293. The lowest BCUT2D eigenvalue weighted by atomic mass is 10.3. The van der Waals surface area contributed by atoms with Crippen LogP contribution in [-0.4, -0.2) is 25.8 Å². The van der Waals surface area contributed by atoms with Gasteiger partial charge in [0.2, 0.25) is 11.9 Å². The number of carbonyl (C=O) groups is 1. The number of aromatic amines is 1. The lowest BCUT2D eigenvalue weighted by Crippen LogP contribution is -2.15. The first kappa shape index (κ1) is 14.5. The number of fused-ring (bicyclic) bond motifs is 1. The van der Waals surface area contributed by atoms with Crippen LogP contribution in [0, 0.1) is 0 Å². The number of amides is 1. The predicted octanol–water partition coefficient (Wildman–Crippen LogP) is 3.26. The van der Waals surface area contributed by atoms with Crippen LogP contribution in [-0.2, 0) is 11.2 Å². The smallest absolute Gasteiger partial charge is 0.232 e. The number of aromatic nitrogens is 4. The third kappa shape index (κ3) is 3.02. The van der Waals surface area contributed by atoms with Crippen molar-refractivity contribution in [1.82, 2.24) is 19.9 Å². The number of para-hydroxylation sites is 2. The van der Waals surface area contributed by atoms with Gasteiger partial charge in [-0.3, -0.25) is 15.1 Å². The summed E-state index contributed by atoms with van der Waals surface area (Å²) in [6.07, 6.45) is 3.68. The summed E-state index contributed by atoms with van der Waals surface area (Å²) >= 11 is 1.50. The number of nitrogens with zero attached hydrogens (tertiary/aromatic N) is 3. The number of thiazole rings is 1. The highest BCUT2D eigenvalue weighted by Crippen LogP contribution is 2.23. The number of H-pyrrole nitrogens is 1. The summed E-state index contributed by atoms with van der Waals surface area (Å²) in [7, 11) is 0. The van der Waals surface area contributed by atoms with E-state index in [4.69, 9.17) is 0 Å². The number of anilines is 1. The van der Waals surface area contributed by atoms with E-state index in [1.54, 1.807) is 12.4 Å². The topological polar surface area (TPSA) is 83.6 Å². The summed E-state index contributed by atoms with van der Waals surface area (Å²) in [5.41, 5.74) is 3.39. The van der Waals surface area contributed by atoms with Crippen molar-refractivity contribution >= 4 is 34.2 Å². The second-order valence-corrected chi connectivity index (χ2v) is 6.07.